The number of carbonyl (C=O) groups excluding carboxylic acids is 2. The molecular formula is C57H69N3O13Si. The molecule has 2 aliphatic rings. The second-order valence-electron chi connectivity index (χ2n) is 19.7. The molecular weight excluding hydrogens is 963 g/mol. The minimum absolute atomic E-state index is 0.0188. The van der Waals surface area contributed by atoms with Gasteiger partial charge in [-0.25, -0.2) is 9.59 Å². The van der Waals surface area contributed by atoms with Gasteiger partial charge >= 0.3 is 11.9 Å². The summed E-state index contributed by atoms with van der Waals surface area (Å²) in [6.45, 7) is 13.0. The molecule has 0 radical (unpaired) electrons. The summed E-state index contributed by atoms with van der Waals surface area (Å²) >= 11 is 0. The lowest BCUT2D eigenvalue weighted by Gasteiger charge is -2.51. The molecule has 394 valence electrons. The van der Waals surface area contributed by atoms with Gasteiger partial charge in [-0.15, -0.1) is 0 Å². The minimum Gasteiger partial charge on any atom is -0.497 e. The van der Waals surface area contributed by atoms with Crippen LogP contribution in [0.15, 0.2) is 151 Å². The minimum atomic E-state index is -2.86. The van der Waals surface area contributed by atoms with Crippen LogP contribution in [0.25, 0.3) is 10.4 Å². The summed E-state index contributed by atoms with van der Waals surface area (Å²) < 4.78 is 71.9. The standard InChI is InChI=1S/C57H69N3O13Si/c1-38(2)57(3,4)74(7,8)73-56-52(70-53(61)43-27-19-12-20-28-43)49(68-36-41-25-17-11-18-26-41)50(51(72-56)54(62)64-6)71-55-46(59-60-58)48(67-35-40-23-15-10-16-24-40)47(66-34-39-21-13-9-14-22-39)45(69-55)37-65-33-42-29-31-44(63-5)32-30-42/h9-32,38,45-52,55-56H,33-37H2,1-8H3/t45-,46-,47-,48-,49+,50+,51-,52-,55-,56-/m1/s1. The van der Waals surface area contributed by atoms with Crippen molar-refractivity contribution >= 4 is 20.3 Å². The Kier molecular flexibility index (Phi) is 20.0. The van der Waals surface area contributed by atoms with Crippen molar-refractivity contribution in [1.82, 2.24) is 0 Å². The molecule has 0 bridgehead atoms. The first kappa shape index (κ1) is 55.8. The van der Waals surface area contributed by atoms with Crippen LogP contribution in [-0.4, -0.2) is 102 Å². The monoisotopic (exact) mass is 1030 g/mol. The van der Waals surface area contributed by atoms with Crippen LogP contribution in [0, 0.1) is 5.92 Å². The highest BCUT2D eigenvalue weighted by Crippen LogP contribution is 2.47. The van der Waals surface area contributed by atoms with Gasteiger partial charge < -0.3 is 51.8 Å². The number of esters is 2. The number of ether oxygens (including phenoxy) is 10. The van der Waals surface area contributed by atoms with Crippen LogP contribution >= 0.6 is 0 Å². The summed E-state index contributed by atoms with van der Waals surface area (Å²) in [6.07, 6.45) is -11.5. The first-order valence-electron chi connectivity index (χ1n) is 24.9. The predicted molar refractivity (Wildman–Crippen MR) is 278 cm³/mol. The summed E-state index contributed by atoms with van der Waals surface area (Å²) in [5.74, 6) is -0.655. The lowest BCUT2D eigenvalue weighted by Crippen LogP contribution is -2.67. The van der Waals surface area contributed by atoms with Gasteiger partial charge in [0, 0.05) is 4.91 Å². The number of benzene rings is 5. The highest BCUT2D eigenvalue weighted by molar-refractivity contribution is 6.74. The van der Waals surface area contributed by atoms with Crippen LogP contribution in [0.2, 0.25) is 18.1 Å². The van der Waals surface area contributed by atoms with Gasteiger partial charge in [0.1, 0.15) is 42.3 Å². The normalized spacial score (nSPS) is 24.1. The van der Waals surface area contributed by atoms with Crippen molar-refractivity contribution in [2.75, 3.05) is 20.8 Å². The molecule has 5 aromatic rings. The molecule has 2 saturated heterocycles. The van der Waals surface area contributed by atoms with Crippen molar-refractivity contribution in [2.45, 2.75) is 134 Å². The molecule has 5 aromatic carbocycles. The van der Waals surface area contributed by atoms with Gasteiger partial charge in [0.2, 0.25) is 0 Å². The molecule has 0 aliphatic carbocycles. The van der Waals surface area contributed by atoms with Crippen molar-refractivity contribution in [3.63, 3.8) is 0 Å². The lowest BCUT2D eigenvalue weighted by molar-refractivity contribution is -0.342. The molecule has 2 heterocycles. The van der Waals surface area contributed by atoms with E-state index in [1.54, 1.807) is 37.4 Å². The summed E-state index contributed by atoms with van der Waals surface area (Å²) in [4.78, 5) is 32.0. The molecule has 17 heteroatoms. The van der Waals surface area contributed by atoms with E-state index in [4.69, 9.17) is 51.8 Å². The summed E-state index contributed by atoms with van der Waals surface area (Å²) in [7, 11) is -0.0273. The number of carbonyl (C=O) groups is 2. The molecule has 74 heavy (non-hydrogen) atoms. The van der Waals surface area contributed by atoms with Crippen LogP contribution in [0.4, 0.5) is 0 Å². The first-order chi connectivity index (χ1) is 35.7. The van der Waals surface area contributed by atoms with Crippen molar-refractivity contribution < 1.29 is 61.4 Å². The zero-order chi connectivity index (χ0) is 52.7. The Morgan fingerprint density at radius 1 is 0.649 bits per heavy atom. The van der Waals surface area contributed by atoms with E-state index in [0.717, 1.165) is 22.3 Å². The molecule has 10 atom stereocenters. The van der Waals surface area contributed by atoms with Crippen molar-refractivity contribution in [1.29, 1.82) is 0 Å². The van der Waals surface area contributed by atoms with Gasteiger partial charge in [-0.2, -0.15) is 0 Å². The molecule has 0 amide bonds. The van der Waals surface area contributed by atoms with E-state index in [0.29, 0.717) is 5.75 Å². The largest absolute Gasteiger partial charge is 0.497 e. The Hall–Kier alpha value is -5.95. The zero-order valence-corrected chi connectivity index (χ0v) is 44.4. The van der Waals surface area contributed by atoms with Crippen LogP contribution in [0.1, 0.15) is 60.3 Å². The summed E-state index contributed by atoms with van der Waals surface area (Å²) in [5.41, 5.74) is 14.0. The maximum atomic E-state index is 14.4. The van der Waals surface area contributed by atoms with Crippen LogP contribution < -0.4 is 4.74 Å². The zero-order valence-electron chi connectivity index (χ0n) is 43.4. The number of methoxy groups -OCH3 is 2. The highest BCUT2D eigenvalue weighted by atomic mass is 28.4. The highest BCUT2D eigenvalue weighted by Gasteiger charge is 2.58. The second kappa shape index (κ2) is 26.5. The fourth-order valence-corrected chi connectivity index (χ4v) is 11.2. The Labute approximate surface area is 435 Å². The molecule has 0 spiro atoms. The molecule has 0 saturated carbocycles. The van der Waals surface area contributed by atoms with Crippen LogP contribution in [0.5, 0.6) is 5.75 Å². The van der Waals surface area contributed by atoms with Crippen LogP contribution in [-0.2, 0) is 78.3 Å². The predicted octanol–water partition coefficient (Wildman–Crippen LogP) is 10.5. The maximum absolute atomic E-state index is 14.4. The smallest absolute Gasteiger partial charge is 0.338 e. The van der Waals surface area contributed by atoms with E-state index in [1.807, 2.05) is 115 Å². The Morgan fingerprint density at radius 3 is 1.68 bits per heavy atom. The van der Waals surface area contributed by atoms with Crippen molar-refractivity contribution in [2.24, 2.45) is 11.0 Å². The number of nitrogens with zero attached hydrogens (tertiary/aromatic N) is 3. The molecule has 7 rings (SSSR count). The van der Waals surface area contributed by atoms with Gasteiger partial charge in [-0.1, -0.05) is 154 Å². The van der Waals surface area contributed by atoms with Gasteiger partial charge in [-0.3, -0.25) is 0 Å². The second-order valence-corrected chi connectivity index (χ2v) is 24.2. The summed E-state index contributed by atoms with van der Waals surface area (Å²) in [5, 5.41) is 3.95. The third kappa shape index (κ3) is 14.2. The van der Waals surface area contributed by atoms with Gasteiger partial charge in [-0.05, 0) is 76.1 Å². The topological polar surface area (TPSA) is 184 Å². The van der Waals surface area contributed by atoms with Crippen molar-refractivity contribution in [3.05, 3.63) is 184 Å². The fourth-order valence-electron chi connectivity index (χ4n) is 8.76. The Bertz CT molecular complexity index is 2560. The quantitative estimate of drug-likeness (QED) is 0.0187. The van der Waals surface area contributed by atoms with Gasteiger partial charge in [0.25, 0.3) is 0 Å². The lowest BCUT2D eigenvalue weighted by atomic mass is 9.95. The Morgan fingerprint density at radius 2 is 1.16 bits per heavy atom. The molecule has 0 aromatic heterocycles. The third-order valence-corrected chi connectivity index (χ3v) is 18.7. The fraction of sp³-hybridized carbons (Fsp3) is 0.439. The Balaban J connectivity index is 1.33. The number of azide groups is 1. The van der Waals surface area contributed by atoms with E-state index < -0.39 is 81.6 Å². The number of hydrogen-bond acceptors (Lipinski definition) is 14. The van der Waals surface area contributed by atoms with Gasteiger partial charge in [0.15, 0.2) is 33.1 Å². The van der Waals surface area contributed by atoms with E-state index in [9.17, 15) is 15.1 Å². The SMILES string of the molecule is COC(=O)[C@@H]1O[C@H](O[Si](C)(C)C(C)(C)C(C)C)[C@H](OC(=O)c2ccccc2)[C@@H](OCc2ccccc2)[C@@H]1O[C@H]1O[C@H](COCc2ccc(OC)cc2)[C@@H](OCc2ccccc2)[C@H](OCc2ccccc2)[C@H]1N=[N+]=[N-]. The van der Waals surface area contributed by atoms with Crippen LogP contribution in [0.3, 0.4) is 0 Å². The van der Waals surface area contributed by atoms with E-state index in [2.05, 4.69) is 50.8 Å². The molecule has 0 unspecified atom stereocenters. The third-order valence-electron chi connectivity index (χ3n) is 14.2. The average molecular weight is 1030 g/mol. The van der Waals surface area contributed by atoms with E-state index >= 15 is 0 Å². The molecule has 16 nitrogen and oxygen atoms in total. The maximum Gasteiger partial charge on any atom is 0.338 e. The number of hydrogen-bond donors (Lipinski definition) is 0. The van der Waals surface area contributed by atoms with Crippen molar-refractivity contribution in [3.8, 4) is 5.75 Å². The number of rotatable bonds is 24. The molecule has 2 fully saturated rings. The molecule has 2 aliphatic heterocycles. The average Bonchev–Trinajstić information content (AvgIpc) is 3.42. The molecule has 0 N–H and O–H groups in total. The van der Waals surface area contributed by atoms with E-state index in [1.165, 1.54) is 7.11 Å². The first-order valence-corrected chi connectivity index (χ1v) is 27.8. The van der Waals surface area contributed by atoms with Gasteiger partial charge in [0.05, 0.1) is 52.8 Å². The summed E-state index contributed by atoms with van der Waals surface area (Å²) in [6, 6.07) is 43.3. The van der Waals surface area contributed by atoms with E-state index in [-0.39, 0.29) is 49.6 Å².